The van der Waals surface area contributed by atoms with E-state index in [0.29, 0.717) is 5.92 Å². The van der Waals surface area contributed by atoms with E-state index in [1.54, 1.807) is 12.1 Å². The van der Waals surface area contributed by atoms with Gasteiger partial charge in [0.25, 0.3) is 0 Å². The summed E-state index contributed by atoms with van der Waals surface area (Å²) in [6, 6.07) is 17.3. The maximum absolute atomic E-state index is 13.2. The molecule has 2 aromatic carbocycles. The first kappa shape index (κ1) is 17.9. The summed E-state index contributed by atoms with van der Waals surface area (Å²) in [6.07, 6.45) is 2.05. The highest BCUT2D eigenvalue weighted by molar-refractivity contribution is 5.60. The Balaban J connectivity index is 1.43. The quantitative estimate of drug-likeness (QED) is 0.592. The predicted octanol–water partition coefficient (Wildman–Crippen LogP) is 5.73. The third-order valence-corrected chi connectivity index (χ3v) is 5.64. The number of nitrogens with zero attached hydrogens (tertiary/aromatic N) is 2. The van der Waals surface area contributed by atoms with E-state index in [1.165, 1.54) is 0 Å². The number of halogens is 1. The zero-order valence-corrected chi connectivity index (χ0v) is 15.9. The van der Waals surface area contributed by atoms with Gasteiger partial charge in [-0.1, -0.05) is 42.5 Å². The van der Waals surface area contributed by atoms with Crippen molar-refractivity contribution in [1.29, 1.82) is 0 Å². The topological polar surface area (TPSA) is 29.3 Å². The number of hydrogen-bond acceptors (Lipinski definition) is 3. The Labute approximate surface area is 159 Å². The molecular weight excluding hydrogens is 339 g/mol. The van der Waals surface area contributed by atoms with Gasteiger partial charge in [-0.2, -0.15) is 0 Å². The fourth-order valence-corrected chi connectivity index (χ4v) is 3.94. The molecule has 1 atom stereocenters. The van der Waals surface area contributed by atoms with Crippen LogP contribution in [-0.4, -0.2) is 23.0 Å². The maximum Gasteiger partial charge on any atom is 0.198 e. The van der Waals surface area contributed by atoms with Crippen LogP contribution in [0.1, 0.15) is 48.9 Å². The Morgan fingerprint density at radius 2 is 1.70 bits per heavy atom. The summed E-state index contributed by atoms with van der Waals surface area (Å²) in [6.45, 7) is 6.16. The molecule has 3 nitrogen and oxygen atoms in total. The van der Waals surface area contributed by atoms with Crippen LogP contribution in [0.2, 0.25) is 0 Å². The molecule has 0 unspecified atom stereocenters. The number of piperidine rings is 1. The van der Waals surface area contributed by atoms with E-state index in [9.17, 15) is 4.39 Å². The Morgan fingerprint density at radius 1 is 1.04 bits per heavy atom. The minimum Gasteiger partial charge on any atom is -0.445 e. The molecule has 0 saturated carbocycles. The van der Waals surface area contributed by atoms with Crippen LogP contribution in [0.15, 0.2) is 59.0 Å². The molecule has 0 aliphatic carbocycles. The Kier molecular flexibility index (Phi) is 5.08. The van der Waals surface area contributed by atoms with Crippen molar-refractivity contribution in [3.63, 3.8) is 0 Å². The lowest BCUT2D eigenvalue weighted by Crippen LogP contribution is -2.35. The van der Waals surface area contributed by atoms with Crippen molar-refractivity contribution in [3.8, 4) is 11.3 Å². The minimum atomic E-state index is -0.182. The summed E-state index contributed by atoms with van der Waals surface area (Å²) >= 11 is 0. The van der Waals surface area contributed by atoms with Gasteiger partial charge in [0.2, 0.25) is 0 Å². The van der Waals surface area contributed by atoms with Crippen molar-refractivity contribution in [2.75, 3.05) is 13.1 Å². The van der Waals surface area contributed by atoms with Crippen LogP contribution in [-0.2, 0) is 0 Å². The van der Waals surface area contributed by atoms with Crippen LogP contribution < -0.4 is 0 Å². The molecule has 1 aromatic heterocycles. The highest BCUT2D eigenvalue weighted by Crippen LogP contribution is 2.34. The largest absolute Gasteiger partial charge is 0.445 e. The molecule has 0 N–H and O–H groups in total. The van der Waals surface area contributed by atoms with Gasteiger partial charge >= 0.3 is 0 Å². The van der Waals surface area contributed by atoms with Gasteiger partial charge in [0.05, 0.1) is 0 Å². The van der Waals surface area contributed by atoms with Crippen molar-refractivity contribution in [1.82, 2.24) is 9.88 Å². The highest BCUT2D eigenvalue weighted by Gasteiger charge is 2.28. The van der Waals surface area contributed by atoms with Gasteiger partial charge in [0.15, 0.2) is 5.89 Å². The molecule has 1 aliphatic rings. The zero-order valence-electron chi connectivity index (χ0n) is 15.9. The predicted molar refractivity (Wildman–Crippen MR) is 105 cm³/mol. The normalized spacial score (nSPS) is 17.1. The summed E-state index contributed by atoms with van der Waals surface area (Å²) in [5.74, 6) is 1.93. The molecule has 4 rings (SSSR count). The van der Waals surface area contributed by atoms with Crippen LogP contribution in [0.4, 0.5) is 4.39 Å². The number of oxazole rings is 1. The number of rotatable bonds is 4. The third kappa shape index (κ3) is 3.81. The lowest BCUT2D eigenvalue weighted by atomic mass is 9.94. The molecule has 3 aromatic rings. The van der Waals surface area contributed by atoms with Gasteiger partial charge in [-0.05, 0) is 57.5 Å². The van der Waals surface area contributed by atoms with E-state index in [4.69, 9.17) is 9.40 Å². The van der Waals surface area contributed by atoms with Crippen LogP contribution in [0.25, 0.3) is 11.3 Å². The van der Waals surface area contributed by atoms with E-state index in [-0.39, 0.29) is 11.9 Å². The fourth-order valence-electron chi connectivity index (χ4n) is 3.94. The Bertz CT molecular complexity index is 881. The molecule has 1 aliphatic heterocycles. The lowest BCUT2D eigenvalue weighted by Gasteiger charge is -2.35. The summed E-state index contributed by atoms with van der Waals surface area (Å²) in [4.78, 5) is 7.27. The highest BCUT2D eigenvalue weighted by atomic mass is 19.1. The van der Waals surface area contributed by atoms with Gasteiger partial charge in [-0.3, -0.25) is 4.90 Å². The lowest BCUT2D eigenvalue weighted by molar-refractivity contribution is 0.154. The molecule has 27 heavy (non-hydrogen) atoms. The van der Waals surface area contributed by atoms with E-state index in [2.05, 4.69) is 24.0 Å². The second-order valence-corrected chi connectivity index (χ2v) is 7.36. The molecule has 4 heteroatoms. The van der Waals surface area contributed by atoms with Crippen LogP contribution in [0.5, 0.6) is 0 Å². The van der Waals surface area contributed by atoms with Gasteiger partial charge in [-0.15, -0.1) is 0 Å². The van der Waals surface area contributed by atoms with Crippen molar-refractivity contribution < 1.29 is 8.81 Å². The monoisotopic (exact) mass is 364 g/mol. The van der Waals surface area contributed by atoms with Crippen LogP contribution in [0, 0.1) is 12.7 Å². The van der Waals surface area contributed by atoms with E-state index >= 15 is 0 Å². The van der Waals surface area contributed by atoms with Gasteiger partial charge in [-0.25, -0.2) is 9.37 Å². The molecule has 1 fully saturated rings. The van der Waals surface area contributed by atoms with Crippen molar-refractivity contribution in [2.24, 2.45) is 0 Å². The second-order valence-electron chi connectivity index (χ2n) is 7.36. The first-order valence-electron chi connectivity index (χ1n) is 9.64. The zero-order chi connectivity index (χ0) is 18.8. The third-order valence-electron chi connectivity index (χ3n) is 5.64. The van der Waals surface area contributed by atoms with Crippen molar-refractivity contribution in [3.05, 3.63) is 77.6 Å². The van der Waals surface area contributed by atoms with Crippen LogP contribution >= 0.6 is 0 Å². The smallest absolute Gasteiger partial charge is 0.198 e. The van der Waals surface area contributed by atoms with E-state index in [0.717, 1.165) is 54.4 Å². The van der Waals surface area contributed by atoms with E-state index in [1.807, 2.05) is 37.3 Å². The molecular formula is C23H25FN2O. The number of aromatic nitrogens is 1. The van der Waals surface area contributed by atoms with Crippen molar-refractivity contribution in [2.45, 2.75) is 38.6 Å². The maximum atomic E-state index is 13.2. The molecule has 0 spiro atoms. The summed E-state index contributed by atoms with van der Waals surface area (Å²) < 4.78 is 19.2. The molecule has 0 amide bonds. The fraction of sp³-hybridized carbons (Fsp3) is 0.348. The number of aryl methyl sites for hydroxylation is 1. The summed E-state index contributed by atoms with van der Waals surface area (Å²) in [5, 5.41) is 0. The number of hydrogen-bond donors (Lipinski definition) is 0. The summed E-state index contributed by atoms with van der Waals surface area (Å²) in [7, 11) is 0. The molecule has 2 heterocycles. The summed E-state index contributed by atoms with van der Waals surface area (Å²) in [5.41, 5.74) is 3.22. The molecule has 1 saturated heterocycles. The van der Waals surface area contributed by atoms with Gasteiger partial charge < -0.3 is 4.42 Å². The van der Waals surface area contributed by atoms with Crippen molar-refractivity contribution >= 4 is 0 Å². The first-order chi connectivity index (χ1) is 13.1. The average Bonchev–Trinajstić information content (AvgIpc) is 3.10. The SMILES string of the molecule is Cc1oc(C2CCN([C@H](C)c3ccc(F)cc3)CC2)nc1-c1ccccc1. The number of benzene rings is 2. The minimum absolute atomic E-state index is 0.182. The van der Waals surface area contributed by atoms with Gasteiger partial charge in [0, 0.05) is 17.5 Å². The molecule has 140 valence electrons. The van der Waals surface area contributed by atoms with Gasteiger partial charge in [0.1, 0.15) is 17.3 Å². The van der Waals surface area contributed by atoms with Crippen LogP contribution in [0.3, 0.4) is 0 Å². The number of likely N-dealkylation sites (tertiary alicyclic amines) is 1. The average molecular weight is 364 g/mol. The Morgan fingerprint density at radius 3 is 2.37 bits per heavy atom. The molecule has 0 radical (unpaired) electrons. The first-order valence-corrected chi connectivity index (χ1v) is 9.64. The standard InChI is InChI=1S/C23H25FN2O/c1-16(18-8-10-21(24)11-9-18)26-14-12-20(13-15-26)23-25-22(17(2)27-23)19-6-4-3-5-7-19/h3-11,16,20H,12-15H2,1-2H3/t16-/m1/s1. The second kappa shape index (κ2) is 7.65. The van der Waals surface area contributed by atoms with E-state index < -0.39 is 0 Å². The molecule has 0 bridgehead atoms. The Hall–Kier alpha value is -2.46.